The van der Waals surface area contributed by atoms with Crippen LogP contribution in [0.15, 0.2) is 54.7 Å². The molecule has 2 heterocycles. The molecular formula is C22H27N3O4S. The molecule has 160 valence electrons. The van der Waals surface area contributed by atoms with Gasteiger partial charge in [-0.25, -0.2) is 8.42 Å². The lowest BCUT2D eigenvalue weighted by Crippen LogP contribution is -2.49. The Hall–Kier alpha value is -2.71. The number of sulfone groups is 1. The number of hydrogen-bond acceptors (Lipinski definition) is 6. The minimum atomic E-state index is -2.96. The standard InChI is InChI=1S/C22H27N3O4S/c1-30(27,28)17-16-24-12-14-25(15-13-24)22(26)10-7-19-5-8-21(9-6-19)29-18-20-4-2-3-11-23-20/h2-11H,12-18H2,1H3/b10-7+. The lowest BCUT2D eigenvalue weighted by Gasteiger charge is -2.34. The van der Waals surface area contributed by atoms with E-state index >= 15 is 0 Å². The number of hydrogen-bond donors (Lipinski definition) is 0. The lowest BCUT2D eigenvalue weighted by molar-refractivity contribution is -0.127. The summed E-state index contributed by atoms with van der Waals surface area (Å²) in [4.78, 5) is 20.5. The highest BCUT2D eigenvalue weighted by Gasteiger charge is 2.20. The van der Waals surface area contributed by atoms with Crippen molar-refractivity contribution in [3.8, 4) is 5.75 Å². The third-order valence-electron chi connectivity index (χ3n) is 4.87. The minimum Gasteiger partial charge on any atom is -0.487 e. The average Bonchev–Trinajstić information content (AvgIpc) is 2.76. The molecule has 0 spiro atoms. The van der Waals surface area contributed by atoms with Crippen LogP contribution in [0, 0.1) is 0 Å². The summed E-state index contributed by atoms with van der Waals surface area (Å²) in [5.41, 5.74) is 1.78. The first-order valence-corrected chi connectivity index (χ1v) is 11.9. The van der Waals surface area contributed by atoms with Crippen LogP contribution in [0.4, 0.5) is 0 Å². The highest BCUT2D eigenvalue weighted by molar-refractivity contribution is 7.90. The van der Waals surface area contributed by atoms with Crippen LogP contribution in [0.1, 0.15) is 11.3 Å². The first-order chi connectivity index (χ1) is 14.4. The largest absolute Gasteiger partial charge is 0.487 e. The summed E-state index contributed by atoms with van der Waals surface area (Å²) in [5, 5.41) is 0. The van der Waals surface area contributed by atoms with Gasteiger partial charge < -0.3 is 9.64 Å². The van der Waals surface area contributed by atoms with Crippen LogP contribution >= 0.6 is 0 Å². The van der Waals surface area contributed by atoms with E-state index in [1.807, 2.05) is 42.5 Å². The fourth-order valence-corrected chi connectivity index (χ4v) is 3.67. The number of piperazine rings is 1. The Kier molecular flexibility index (Phi) is 7.59. The maximum atomic E-state index is 12.4. The molecular weight excluding hydrogens is 402 g/mol. The predicted molar refractivity (Wildman–Crippen MR) is 117 cm³/mol. The number of carbonyl (C=O) groups excluding carboxylic acids is 1. The van der Waals surface area contributed by atoms with Gasteiger partial charge >= 0.3 is 0 Å². The zero-order valence-corrected chi connectivity index (χ0v) is 17.9. The van der Waals surface area contributed by atoms with Crippen molar-refractivity contribution in [1.29, 1.82) is 0 Å². The third-order valence-corrected chi connectivity index (χ3v) is 5.80. The Morgan fingerprint density at radius 2 is 1.83 bits per heavy atom. The summed E-state index contributed by atoms with van der Waals surface area (Å²) in [7, 11) is -2.96. The molecule has 0 radical (unpaired) electrons. The van der Waals surface area contributed by atoms with Gasteiger partial charge in [-0.1, -0.05) is 18.2 Å². The van der Waals surface area contributed by atoms with E-state index in [-0.39, 0.29) is 11.7 Å². The normalized spacial score (nSPS) is 15.4. The summed E-state index contributed by atoms with van der Waals surface area (Å²) >= 11 is 0. The SMILES string of the molecule is CS(=O)(=O)CCN1CCN(C(=O)/C=C/c2ccc(OCc3ccccn3)cc2)CC1. The van der Waals surface area contributed by atoms with Crippen LogP contribution in [-0.4, -0.2) is 73.8 Å². The van der Waals surface area contributed by atoms with E-state index in [0.29, 0.717) is 39.3 Å². The van der Waals surface area contributed by atoms with Gasteiger partial charge in [-0.2, -0.15) is 0 Å². The molecule has 1 aliphatic heterocycles. The van der Waals surface area contributed by atoms with E-state index in [4.69, 9.17) is 4.74 Å². The van der Waals surface area contributed by atoms with E-state index in [1.165, 1.54) is 6.26 Å². The number of pyridine rings is 1. The molecule has 0 atom stereocenters. The molecule has 1 aromatic carbocycles. The van der Waals surface area contributed by atoms with Crippen molar-refractivity contribution in [2.45, 2.75) is 6.61 Å². The number of benzene rings is 1. The Morgan fingerprint density at radius 1 is 1.10 bits per heavy atom. The summed E-state index contributed by atoms with van der Waals surface area (Å²) in [6, 6.07) is 13.2. The minimum absolute atomic E-state index is 0.0340. The van der Waals surface area contributed by atoms with E-state index in [2.05, 4.69) is 9.88 Å². The van der Waals surface area contributed by atoms with Crippen LogP contribution in [0.3, 0.4) is 0 Å². The van der Waals surface area contributed by atoms with Crippen molar-refractivity contribution in [2.75, 3.05) is 44.7 Å². The molecule has 3 rings (SSSR count). The topological polar surface area (TPSA) is 79.8 Å². The second kappa shape index (κ2) is 10.4. The highest BCUT2D eigenvalue weighted by Crippen LogP contribution is 2.15. The van der Waals surface area contributed by atoms with E-state index in [0.717, 1.165) is 17.0 Å². The molecule has 1 fully saturated rings. The van der Waals surface area contributed by atoms with Crippen LogP contribution in [-0.2, 0) is 21.2 Å². The number of carbonyl (C=O) groups is 1. The number of nitrogens with zero attached hydrogens (tertiary/aromatic N) is 3. The van der Waals surface area contributed by atoms with Gasteiger partial charge in [-0.05, 0) is 35.9 Å². The van der Waals surface area contributed by atoms with Crippen molar-refractivity contribution >= 4 is 21.8 Å². The molecule has 0 aliphatic carbocycles. The predicted octanol–water partition coefficient (Wildman–Crippen LogP) is 1.86. The fraction of sp³-hybridized carbons (Fsp3) is 0.364. The molecule has 0 N–H and O–H groups in total. The Morgan fingerprint density at radius 3 is 2.47 bits per heavy atom. The van der Waals surface area contributed by atoms with E-state index in [1.54, 1.807) is 23.2 Å². The summed E-state index contributed by atoms with van der Waals surface area (Å²) < 4.78 is 28.3. The fourth-order valence-electron chi connectivity index (χ4n) is 3.08. The lowest BCUT2D eigenvalue weighted by atomic mass is 10.2. The van der Waals surface area contributed by atoms with Crippen molar-refractivity contribution in [3.63, 3.8) is 0 Å². The van der Waals surface area contributed by atoms with Crippen molar-refractivity contribution in [3.05, 3.63) is 66.0 Å². The number of aromatic nitrogens is 1. The molecule has 1 aliphatic rings. The summed E-state index contributed by atoms with van der Waals surface area (Å²) in [5.74, 6) is 0.866. The van der Waals surface area contributed by atoms with Gasteiger partial charge in [0.05, 0.1) is 11.4 Å². The molecule has 0 unspecified atom stereocenters. The molecule has 0 bridgehead atoms. The molecule has 8 heteroatoms. The van der Waals surface area contributed by atoms with Gasteiger partial charge in [0.1, 0.15) is 22.2 Å². The maximum Gasteiger partial charge on any atom is 0.246 e. The molecule has 1 amide bonds. The van der Waals surface area contributed by atoms with Crippen molar-refractivity contribution in [2.24, 2.45) is 0 Å². The van der Waals surface area contributed by atoms with Crippen LogP contribution in [0.25, 0.3) is 6.08 Å². The van der Waals surface area contributed by atoms with Crippen molar-refractivity contribution < 1.29 is 17.9 Å². The van der Waals surface area contributed by atoms with Gasteiger partial charge in [-0.15, -0.1) is 0 Å². The maximum absolute atomic E-state index is 12.4. The Balaban J connectivity index is 1.43. The molecule has 1 aromatic heterocycles. The highest BCUT2D eigenvalue weighted by atomic mass is 32.2. The average molecular weight is 430 g/mol. The van der Waals surface area contributed by atoms with Crippen LogP contribution in [0.5, 0.6) is 5.75 Å². The first-order valence-electron chi connectivity index (χ1n) is 9.89. The number of amides is 1. The second-order valence-electron chi connectivity index (χ2n) is 7.31. The smallest absolute Gasteiger partial charge is 0.246 e. The number of rotatable bonds is 8. The third kappa shape index (κ3) is 7.27. The second-order valence-corrected chi connectivity index (χ2v) is 9.57. The molecule has 0 saturated carbocycles. The molecule has 7 nitrogen and oxygen atoms in total. The van der Waals surface area contributed by atoms with Crippen molar-refractivity contribution in [1.82, 2.24) is 14.8 Å². The molecule has 1 saturated heterocycles. The summed E-state index contributed by atoms with van der Waals surface area (Å²) in [6.45, 7) is 3.52. The Labute approximate surface area is 177 Å². The Bertz CT molecular complexity index is 952. The van der Waals surface area contributed by atoms with Gasteiger partial charge in [0, 0.05) is 51.3 Å². The number of ether oxygens (including phenoxy) is 1. The quantitative estimate of drug-likeness (QED) is 0.596. The molecule has 30 heavy (non-hydrogen) atoms. The van der Waals surface area contributed by atoms with Gasteiger partial charge in [0.2, 0.25) is 5.91 Å². The molecule has 2 aromatic rings. The zero-order chi connectivity index (χ0) is 21.4. The monoisotopic (exact) mass is 429 g/mol. The van der Waals surface area contributed by atoms with Gasteiger partial charge in [0.25, 0.3) is 0 Å². The van der Waals surface area contributed by atoms with Gasteiger partial charge in [0.15, 0.2) is 0 Å². The van der Waals surface area contributed by atoms with Gasteiger partial charge in [-0.3, -0.25) is 14.7 Å². The van der Waals surface area contributed by atoms with Crippen LogP contribution < -0.4 is 4.74 Å². The van der Waals surface area contributed by atoms with E-state index in [9.17, 15) is 13.2 Å². The zero-order valence-electron chi connectivity index (χ0n) is 17.1. The van der Waals surface area contributed by atoms with Crippen LogP contribution in [0.2, 0.25) is 0 Å². The summed E-state index contributed by atoms with van der Waals surface area (Å²) in [6.07, 6.45) is 6.35. The van der Waals surface area contributed by atoms with E-state index < -0.39 is 9.84 Å². The first kappa shape index (κ1) is 22.0.